The molecule has 4 nitrogen and oxygen atoms in total. The van der Waals surface area contributed by atoms with Crippen LogP contribution in [-0.2, 0) is 4.79 Å². The van der Waals surface area contributed by atoms with E-state index in [2.05, 4.69) is 5.32 Å². The van der Waals surface area contributed by atoms with Crippen LogP contribution in [0.3, 0.4) is 0 Å². The van der Waals surface area contributed by atoms with Crippen molar-refractivity contribution in [3.05, 3.63) is 65.5 Å². The normalized spacial score (nSPS) is 17.4. The molecule has 0 saturated carbocycles. The summed E-state index contributed by atoms with van der Waals surface area (Å²) in [5.74, 6) is -0.853. The lowest BCUT2D eigenvalue weighted by atomic mass is 9.98. The molecule has 5 heteroatoms. The second kappa shape index (κ2) is 7.47. The highest BCUT2D eigenvalue weighted by Crippen LogP contribution is 2.29. The van der Waals surface area contributed by atoms with Crippen molar-refractivity contribution < 1.29 is 18.7 Å². The minimum Gasteiger partial charge on any atom is -0.479 e. The van der Waals surface area contributed by atoms with Crippen LogP contribution in [0.5, 0.6) is 5.75 Å². The minimum absolute atomic E-state index is 0.0874. The van der Waals surface area contributed by atoms with Crippen LogP contribution in [-0.4, -0.2) is 17.8 Å². The molecular formula is C20H20FNO3. The van der Waals surface area contributed by atoms with E-state index in [1.54, 1.807) is 0 Å². The first-order valence-electron chi connectivity index (χ1n) is 8.43. The van der Waals surface area contributed by atoms with Gasteiger partial charge in [0.2, 0.25) is 0 Å². The Balaban J connectivity index is 1.74. The van der Waals surface area contributed by atoms with E-state index in [0.29, 0.717) is 0 Å². The van der Waals surface area contributed by atoms with Crippen LogP contribution in [0.1, 0.15) is 48.1 Å². The van der Waals surface area contributed by atoms with Gasteiger partial charge in [0.15, 0.2) is 11.9 Å². The van der Waals surface area contributed by atoms with Crippen molar-refractivity contribution >= 4 is 11.7 Å². The summed E-state index contributed by atoms with van der Waals surface area (Å²) in [5.41, 5.74) is 1.21. The van der Waals surface area contributed by atoms with Gasteiger partial charge in [0, 0.05) is 0 Å². The number of Topliss-reactive ketones (excluding diaryl/α,β-unsaturated/α-hetero) is 1. The van der Waals surface area contributed by atoms with Gasteiger partial charge in [0.05, 0.1) is 18.0 Å². The van der Waals surface area contributed by atoms with Crippen LogP contribution in [0.15, 0.2) is 48.5 Å². The Hall–Kier alpha value is -2.69. The molecule has 1 unspecified atom stereocenters. The van der Waals surface area contributed by atoms with Gasteiger partial charge < -0.3 is 10.1 Å². The van der Waals surface area contributed by atoms with Gasteiger partial charge in [-0.15, -0.1) is 0 Å². The maximum absolute atomic E-state index is 13.3. The number of halogens is 1. The molecular weight excluding hydrogens is 321 g/mol. The van der Waals surface area contributed by atoms with Gasteiger partial charge >= 0.3 is 0 Å². The zero-order chi connectivity index (χ0) is 17.8. The van der Waals surface area contributed by atoms with Crippen molar-refractivity contribution in [3.63, 3.8) is 0 Å². The summed E-state index contributed by atoms with van der Waals surface area (Å²) in [6.45, 7) is 2.05. The van der Waals surface area contributed by atoms with Crippen molar-refractivity contribution in [2.24, 2.45) is 0 Å². The number of fused-ring (bicyclic) bond motifs is 1. The Bertz CT molecular complexity index is 776. The van der Waals surface area contributed by atoms with Gasteiger partial charge in [0.1, 0.15) is 11.6 Å². The number of carbonyl (C=O) groups excluding carboxylic acids is 2. The van der Waals surface area contributed by atoms with Crippen LogP contribution in [0.4, 0.5) is 4.39 Å². The fraction of sp³-hybridized carbons (Fsp3) is 0.300. The Labute approximate surface area is 146 Å². The topological polar surface area (TPSA) is 55.4 Å². The standard InChI is InChI=1S/C20H20FNO3/c1-2-6-16(13-7-4-3-5-8-13)22-20(24)19-12-17(23)15-11-14(21)9-10-18(15)25-19/h3-5,7-11,16,19H,2,6,12H2,1H3,(H,22,24)/t16-,19?/m1/s1. The summed E-state index contributed by atoms with van der Waals surface area (Å²) in [6.07, 6.45) is 0.717. The Kier molecular flexibility index (Phi) is 5.12. The monoisotopic (exact) mass is 341 g/mol. The van der Waals surface area contributed by atoms with Crippen LogP contribution < -0.4 is 10.1 Å². The molecule has 1 aliphatic rings. The maximum atomic E-state index is 13.3. The molecule has 0 saturated heterocycles. The maximum Gasteiger partial charge on any atom is 0.262 e. The number of nitrogens with one attached hydrogen (secondary N) is 1. The average molecular weight is 341 g/mol. The fourth-order valence-electron chi connectivity index (χ4n) is 3.00. The third-order valence-corrected chi connectivity index (χ3v) is 4.27. The van der Waals surface area contributed by atoms with E-state index in [1.807, 2.05) is 37.3 Å². The molecule has 1 amide bonds. The van der Waals surface area contributed by atoms with Gasteiger partial charge in [-0.3, -0.25) is 9.59 Å². The molecule has 2 atom stereocenters. The molecule has 0 bridgehead atoms. The van der Waals surface area contributed by atoms with Crippen molar-refractivity contribution in [1.29, 1.82) is 0 Å². The fourth-order valence-corrected chi connectivity index (χ4v) is 3.00. The van der Waals surface area contributed by atoms with Crippen LogP contribution in [0, 0.1) is 5.82 Å². The smallest absolute Gasteiger partial charge is 0.262 e. The van der Waals surface area contributed by atoms with Crippen LogP contribution in [0.25, 0.3) is 0 Å². The summed E-state index contributed by atoms with van der Waals surface area (Å²) < 4.78 is 18.9. The first-order valence-corrected chi connectivity index (χ1v) is 8.43. The number of ketones is 1. The Morgan fingerprint density at radius 3 is 2.76 bits per heavy atom. The molecule has 0 radical (unpaired) electrons. The highest BCUT2D eigenvalue weighted by Gasteiger charge is 2.32. The molecule has 130 valence electrons. The predicted molar refractivity (Wildman–Crippen MR) is 92.0 cm³/mol. The van der Waals surface area contributed by atoms with E-state index >= 15 is 0 Å². The molecule has 0 aromatic heterocycles. The summed E-state index contributed by atoms with van der Waals surface area (Å²) in [4.78, 5) is 24.8. The third kappa shape index (κ3) is 3.87. The number of amides is 1. The number of carbonyl (C=O) groups is 2. The van der Waals surface area contributed by atoms with E-state index in [9.17, 15) is 14.0 Å². The first kappa shape index (κ1) is 17.1. The van der Waals surface area contributed by atoms with Crippen molar-refractivity contribution in [3.8, 4) is 5.75 Å². The summed E-state index contributed by atoms with van der Waals surface area (Å²) in [5, 5.41) is 2.98. The summed E-state index contributed by atoms with van der Waals surface area (Å²) in [6, 6.07) is 13.3. The number of hydrogen-bond donors (Lipinski definition) is 1. The number of ether oxygens (including phenoxy) is 1. The van der Waals surface area contributed by atoms with Gasteiger partial charge in [-0.25, -0.2) is 4.39 Å². The Morgan fingerprint density at radius 2 is 2.04 bits per heavy atom. The molecule has 1 aliphatic heterocycles. The highest BCUT2D eigenvalue weighted by molar-refractivity contribution is 6.03. The first-order chi connectivity index (χ1) is 12.1. The lowest BCUT2D eigenvalue weighted by Crippen LogP contribution is -2.43. The van der Waals surface area contributed by atoms with Crippen LogP contribution >= 0.6 is 0 Å². The molecule has 0 spiro atoms. The molecule has 1 heterocycles. The lowest BCUT2D eigenvalue weighted by Gasteiger charge is -2.27. The third-order valence-electron chi connectivity index (χ3n) is 4.27. The lowest BCUT2D eigenvalue weighted by molar-refractivity contribution is -0.129. The van der Waals surface area contributed by atoms with Gasteiger partial charge in [0.25, 0.3) is 5.91 Å². The molecule has 0 fully saturated rings. The van der Waals surface area contributed by atoms with E-state index in [4.69, 9.17) is 4.74 Å². The van der Waals surface area contributed by atoms with Gasteiger partial charge in [-0.1, -0.05) is 43.7 Å². The van der Waals surface area contributed by atoms with Gasteiger partial charge in [-0.2, -0.15) is 0 Å². The zero-order valence-corrected chi connectivity index (χ0v) is 14.0. The molecule has 2 aromatic rings. The highest BCUT2D eigenvalue weighted by atomic mass is 19.1. The quantitative estimate of drug-likeness (QED) is 0.899. The van der Waals surface area contributed by atoms with Gasteiger partial charge in [-0.05, 0) is 30.2 Å². The zero-order valence-electron chi connectivity index (χ0n) is 14.0. The van der Waals surface area contributed by atoms with Crippen molar-refractivity contribution in [1.82, 2.24) is 5.32 Å². The summed E-state index contributed by atoms with van der Waals surface area (Å²) in [7, 11) is 0. The molecule has 2 aromatic carbocycles. The SMILES string of the molecule is CCC[C@@H](NC(=O)C1CC(=O)c2cc(F)ccc2O1)c1ccccc1. The summed E-state index contributed by atoms with van der Waals surface area (Å²) >= 11 is 0. The number of rotatable bonds is 5. The Morgan fingerprint density at radius 1 is 1.28 bits per heavy atom. The van der Waals surface area contributed by atoms with E-state index in [1.165, 1.54) is 12.1 Å². The van der Waals surface area contributed by atoms with E-state index in [-0.39, 0.29) is 35.5 Å². The second-order valence-corrected chi connectivity index (χ2v) is 6.13. The minimum atomic E-state index is -0.895. The average Bonchev–Trinajstić information content (AvgIpc) is 2.62. The van der Waals surface area contributed by atoms with E-state index < -0.39 is 11.9 Å². The second-order valence-electron chi connectivity index (χ2n) is 6.13. The van der Waals surface area contributed by atoms with Crippen molar-refractivity contribution in [2.75, 3.05) is 0 Å². The molecule has 25 heavy (non-hydrogen) atoms. The largest absolute Gasteiger partial charge is 0.479 e. The molecule has 0 aliphatic carbocycles. The number of benzene rings is 2. The predicted octanol–water partition coefficient (Wildman–Crippen LogP) is 3.82. The molecule has 3 rings (SSSR count). The van der Waals surface area contributed by atoms with Crippen LogP contribution in [0.2, 0.25) is 0 Å². The van der Waals surface area contributed by atoms with E-state index in [0.717, 1.165) is 24.5 Å². The molecule has 1 N–H and O–H groups in total. The number of hydrogen-bond acceptors (Lipinski definition) is 3. The van der Waals surface area contributed by atoms with Crippen molar-refractivity contribution in [2.45, 2.75) is 38.3 Å².